The molecule has 0 radical (unpaired) electrons. The minimum absolute atomic E-state index is 0.293. The molecule has 148 valence electrons. The van der Waals surface area contributed by atoms with Crippen molar-refractivity contribution < 1.29 is 4.79 Å². The first-order valence-electron chi connectivity index (χ1n) is 9.36. The van der Waals surface area contributed by atoms with Crippen molar-refractivity contribution in [3.8, 4) is 11.4 Å². The molecule has 6 nitrogen and oxygen atoms in total. The Morgan fingerprint density at radius 3 is 2.47 bits per heavy atom. The second-order valence-corrected chi connectivity index (χ2v) is 7.04. The number of nitrogens with one attached hydrogen (secondary N) is 3. The minimum Gasteiger partial charge on any atom is -0.331 e. The molecule has 2 aromatic carbocycles. The van der Waals surface area contributed by atoms with Crippen molar-refractivity contribution >= 4 is 39.8 Å². The topological polar surface area (TPSA) is 78.9 Å². The smallest absolute Gasteiger partial charge is 0.270 e. The first-order valence-corrected chi connectivity index (χ1v) is 9.77. The van der Waals surface area contributed by atoms with Crippen LogP contribution in [0.4, 0.5) is 5.69 Å². The van der Waals surface area contributed by atoms with Crippen molar-refractivity contribution in [3.05, 3.63) is 90.1 Å². The van der Waals surface area contributed by atoms with Gasteiger partial charge in [0, 0.05) is 17.3 Å². The number of hydrogen-bond donors (Lipinski definition) is 3. The summed E-state index contributed by atoms with van der Waals surface area (Å²) in [6.07, 6.45) is 1.70. The molecular formula is C23H19N5OS. The highest BCUT2D eigenvalue weighted by molar-refractivity contribution is 7.80. The number of nitrogens with zero attached hydrogens (tertiary/aromatic N) is 2. The third-order valence-electron chi connectivity index (χ3n) is 4.57. The summed E-state index contributed by atoms with van der Waals surface area (Å²) in [5.74, 6) is -0.320. The van der Waals surface area contributed by atoms with Crippen molar-refractivity contribution in [2.45, 2.75) is 6.92 Å². The first kappa shape index (κ1) is 19.5. The maximum atomic E-state index is 13.0. The van der Waals surface area contributed by atoms with Crippen molar-refractivity contribution in [3.63, 3.8) is 0 Å². The fourth-order valence-electron chi connectivity index (χ4n) is 3.06. The van der Waals surface area contributed by atoms with Crippen molar-refractivity contribution in [1.82, 2.24) is 20.8 Å². The summed E-state index contributed by atoms with van der Waals surface area (Å²) in [4.78, 5) is 21.9. The van der Waals surface area contributed by atoms with Gasteiger partial charge in [0.15, 0.2) is 5.11 Å². The van der Waals surface area contributed by atoms with E-state index in [2.05, 4.69) is 26.1 Å². The van der Waals surface area contributed by atoms with E-state index in [1.54, 1.807) is 12.3 Å². The summed E-state index contributed by atoms with van der Waals surface area (Å²) in [7, 11) is 0. The van der Waals surface area contributed by atoms with Crippen molar-refractivity contribution in [2.24, 2.45) is 0 Å². The number of aryl methyl sites for hydroxylation is 1. The zero-order valence-electron chi connectivity index (χ0n) is 16.2. The number of carbonyl (C=O) groups is 1. The van der Waals surface area contributed by atoms with Crippen LogP contribution in [-0.2, 0) is 0 Å². The lowest BCUT2D eigenvalue weighted by molar-refractivity contribution is 0.0946. The molecule has 0 atom stereocenters. The highest BCUT2D eigenvalue weighted by Crippen LogP contribution is 2.23. The number of benzene rings is 2. The normalized spacial score (nSPS) is 10.4. The molecule has 0 fully saturated rings. The number of thiocarbonyl (C=S) groups is 1. The molecule has 2 aromatic heterocycles. The minimum atomic E-state index is -0.320. The highest BCUT2D eigenvalue weighted by Gasteiger charge is 2.14. The quantitative estimate of drug-likeness (QED) is 0.344. The highest BCUT2D eigenvalue weighted by atomic mass is 32.1. The summed E-state index contributed by atoms with van der Waals surface area (Å²) in [5, 5.41) is 4.11. The maximum absolute atomic E-state index is 13.0. The van der Waals surface area contributed by atoms with Crippen LogP contribution < -0.4 is 16.2 Å². The van der Waals surface area contributed by atoms with E-state index < -0.39 is 0 Å². The molecule has 0 saturated carbocycles. The van der Waals surface area contributed by atoms with Gasteiger partial charge < -0.3 is 5.32 Å². The van der Waals surface area contributed by atoms with E-state index in [9.17, 15) is 4.79 Å². The number of para-hydroxylation sites is 2. The van der Waals surface area contributed by atoms with Crippen LogP contribution in [0.2, 0.25) is 0 Å². The zero-order chi connectivity index (χ0) is 20.9. The van der Waals surface area contributed by atoms with Crippen LogP contribution >= 0.6 is 12.2 Å². The molecule has 3 N–H and O–H groups in total. The van der Waals surface area contributed by atoms with Crippen molar-refractivity contribution in [2.75, 3.05) is 5.32 Å². The Hall–Kier alpha value is -3.84. The fraction of sp³-hybridized carbons (Fsp3) is 0.0435. The summed E-state index contributed by atoms with van der Waals surface area (Å²) in [5.41, 5.74) is 9.87. The molecule has 0 unspecified atom stereocenters. The van der Waals surface area contributed by atoms with Gasteiger partial charge in [-0.15, -0.1) is 0 Å². The van der Waals surface area contributed by atoms with Gasteiger partial charge in [0.05, 0.1) is 22.5 Å². The van der Waals surface area contributed by atoms with E-state index >= 15 is 0 Å². The van der Waals surface area contributed by atoms with Gasteiger partial charge in [0.1, 0.15) is 0 Å². The van der Waals surface area contributed by atoms with Crippen LogP contribution in [0.25, 0.3) is 22.3 Å². The Bertz CT molecular complexity index is 1230. The number of hydrogen-bond acceptors (Lipinski definition) is 4. The molecule has 0 aliphatic heterocycles. The van der Waals surface area contributed by atoms with E-state index in [0.29, 0.717) is 27.6 Å². The largest absolute Gasteiger partial charge is 0.331 e. The van der Waals surface area contributed by atoms with Gasteiger partial charge in [0.2, 0.25) is 0 Å². The monoisotopic (exact) mass is 413 g/mol. The van der Waals surface area contributed by atoms with Crippen molar-refractivity contribution in [1.29, 1.82) is 0 Å². The Kier molecular flexibility index (Phi) is 5.63. The van der Waals surface area contributed by atoms with Gasteiger partial charge in [0.25, 0.3) is 5.91 Å². The molecule has 0 saturated heterocycles. The van der Waals surface area contributed by atoms with Crippen LogP contribution in [0.1, 0.15) is 15.9 Å². The lowest BCUT2D eigenvalue weighted by atomic mass is 10.1. The summed E-state index contributed by atoms with van der Waals surface area (Å²) in [6.45, 7) is 1.98. The molecule has 7 heteroatoms. The van der Waals surface area contributed by atoms with E-state index in [-0.39, 0.29) is 5.91 Å². The van der Waals surface area contributed by atoms with Gasteiger partial charge in [-0.25, -0.2) is 4.98 Å². The van der Waals surface area contributed by atoms with Gasteiger partial charge in [-0.2, -0.15) is 0 Å². The van der Waals surface area contributed by atoms with E-state index in [4.69, 9.17) is 12.2 Å². The van der Waals surface area contributed by atoms with Crippen LogP contribution in [0.5, 0.6) is 0 Å². The van der Waals surface area contributed by atoms with Gasteiger partial charge in [-0.3, -0.25) is 20.6 Å². The molecule has 0 aliphatic rings. The molecule has 2 heterocycles. The summed E-state index contributed by atoms with van der Waals surface area (Å²) >= 11 is 5.30. The Morgan fingerprint density at radius 1 is 0.900 bits per heavy atom. The van der Waals surface area contributed by atoms with E-state index in [0.717, 1.165) is 16.6 Å². The van der Waals surface area contributed by atoms with Crippen LogP contribution in [0, 0.1) is 6.92 Å². The number of rotatable bonds is 3. The molecule has 4 aromatic rings. The number of aromatic nitrogens is 2. The number of carbonyl (C=O) groups excluding carboxylic acids is 1. The predicted octanol–water partition coefficient (Wildman–Crippen LogP) is 4.24. The van der Waals surface area contributed by atoms with Gasteiger partial charge in [-0.1, -0.05) is 42.5 Å². The number of amides is 1. The summed E-state index contributed by atoms with van der Waals surface area (Å²) < 4.78 is 0. The second-order valence-electron chi connectivity index (χ2n) is 6.64. The number of hydrazine groups is 1. The number of fused-ring (bicyclic) bond motifs is 1. The summed E-state index contributed by atoms with van der Waals surface area (Å²) in [6, 6.07) is 22.6. The molecular weight excluding hydrogens is 394 g/mol. The SMILES string of the molecule is Cc1ccccc1NC(=S)NNC(=O)c1cc(-c2ccccn2)nc2ccccc12. The van der Waals surface area contributed by atoms with E-state index in [1.165, 1.54) is 0 Å². The molecule has 0 spiro atoms. The number of pyridine rings is 2. The average Bonchev–Trinajstić information content (AvgIpc) is 2.79. The van der Waals surface area contributed by atoms with Crippen LogP contribution in [-0.4, -0.2) is 21.0 Å². The third-order valence-corrected chi connectivity index (χ3v) is 4.78. The lowest BCUT2D eigenvalue weighted by Crippen LogP contribution is -2.43. The average molecular weight is 414 g/mol. The molecule has 0 aliphatic carbocycles. The second kappa shape index (κ2) is 8.67. The predicted molar refractivity (Wildman–Crippen MR) is 123 cm³/mol. The van der Waals surface area contributed by atoms with Gasteiger partial charge in [-0.05, 0) is 55.0 Å². The third kappa shape index (κ3) is 4.26. The molecule has 1 amide bonds. The van der Waals surface area contributed by atoms with Crippen LogP contribution in [0.15, 0.2) is 79.0 Å². The lowest BCUT2D eigenvalue weighted by Gasteiger charge is -2.14. The standard InChI is InChI=1S/C23H19N5OS/c1-15-8-2-4-10-18(15)26-23(30)28-27-22(29)17-14-21(20-12-6-7-13-24-20)25-19-11-5-3-9-16(17)19/h2-14H,1H3,(H,27,29)(H2,26,28,30). The number of anilines is 1. The molecule has 0 bridgehead atoms. The molecule has 30 heavy (non-hydrogen) atoms. The zero-order valence-corrected chi connectivity index (χ0v) is 17.0. The van der Waals surface area contributed by atoms with Crippen LogP contribution in [0.3, 0.4) is 0 Å². The van der Waals surface area contributed by atoms with Gasteiger partial charge >= 0.3 is 0 Å². The van der Waals surface area contributed by atoms with E-state index in [1.807, 2.05) is 73.7 Å². The Morgan fingerprint density at radius 2 is 1.67 bits per heavy atom. The Labute approximate surface area is 179 Å². The first-order chi connectivity index (χ1) is 14.6. The fourth-order valence-corrected chi connectivity index (χ4v) is 3.22. The molecule has 4 rings (SSSR count). The Balaban J connectivity index is 1.57. The maximum Gasteiger partial charge on any atom is 0.270 e.